The number of hydrogen-bond acceptors (Lipinski definition) is 3. The SMILES string of the molecule is COc1ccc(OC)c(C(Cl)Cc2ccccn2)c1. The van der Waals surface area contributed by atoms with Crippen LogP contribution in [-0.2, 0) is 6.42 Å². The smallest absolute Gasteiger partial charge is 0.123 e. The van der Waals surface area contributed by atoms with Crippen LogP contribution in [0.2, 0.25) is 0 Å². The number of ether oxygens (including phenoxy) is 2. The number of aromatic nitrogens is 1. The molecule has 3 nitrogen and oxygen atoms in total. The van der Waals surface area contributed by atoms with Gasteiger partial charge in [-0.1, -0.05) is 6.07 Å². The second-order valence-electron chi connectivity index (χ2n) is 4.10. The number of nitrogens with zero attached hydrogens (tertiary/aromatic N) is 1. The van der Waals surface area contributed by atoms with Gasteiger partial charge in [-0.25, -0.2) is 0 Å². The summed E-state index contributed by atoms with van der Waals surface area (Å²) in [5.74, 6) is 1.53. The Bertz CT molecular complexity index is 531. The number of alkyl halides is 1. The molecule has 0 spiro atoms. The van der Waals surface area contributed by atoms with Crippen molar-refractivity contribution in [3.8, 4) is 11.5 Å². The molecule has 2 aromatic rings. The number of hydrogen-bond donors (Lipinski definition) is 0. The van der Waals surface area contributed by atoms with E-state index in [0.717, 1.165) is 22.8 Å². The standard InChI is InChI=1S/C15H16ClNO2/c1-18-12-6-7-15(19-2)13(10-12)14(16)9-11-5-3-4-8-17-11/h3-8,10,14H,9H2,1-2H3. The van der Waals surface area contributed by atoms with E-state index in [9.17, 15) is 0 Å². The summed E-state index contributed by atoms with van der Waals surface area (Å²) in [4.78, 5) is 4.29. The topological polar surface area (TPSA) is 31.4 Å². The molecule has 0 aliphatic rings. The zero-order valence-electron chi connectivity index (χ0n) is 11.0. The van der Waals surface area contributed by atoms with Crippen molar-refractivity contribution >= 4 is 11.6 Å². The predicted octanol–water partition coefficient (Wildman–Crippen LogP) is 3.62. The fraction of sp³-hybridized carbons (Fsp3) is 0.267. The molecule has 0 aliphatic heterocycles. The molecule has 1 aromatic carbocycles. The molecule has 0 saturated heterocycles. The van der Waals surface area contributed by atoms with Crippen LogP contribution in [0.5, 0.6) is 11.5 Å². The first kappa shape index (κ1) is 13.7. The average Bonchev–Trinajstić information content (AvgIpc) is 2.47. The molecule has 0 aliphatic carbocycles. The Kier molecular flexibility index (Phi) is 4.63. The van der Waals surface area contributed by atoms with Crippen LogP contribution in [0.3, 0.4) is 0 Å². The third-order valence-electron chi connectivity index (χ3n) is 2.89. The highest BCUT2D eigenvalue weighted by atomic mass is 35.5. The van der Waals surface area contributed by atoms with Crippen LogP contribution in [0.1, 0.15) is 16.6 Å². The van der Waals surface area contributed by atoms with Gasteiger partial charge in [-0.05, 0) is 30.3 Å². The Balaban J connectivity index is 2.24. The minimum Gasteiger partial charge on any atom is -0.497 e. The van der Waals surface area contributed by atoms with Crippen LogP contribution in [0.25, 0.3) is 0 Å². The lowest BCUT2D eigenvalue weighted by molar-refractivity contribution is 0.398. The van der Waals surface area contributed by atoms with E-state index in [4.69, 9.17) is 21.1 Å². The van der Waals surface area contributed by atoms with E-state index in [1.807, 2.05) is 36.4 Å². The van der Waals surface area contributed by atoms with E-state index < -0.39 is 0 Å². The van der Waals surface area contributed by atoms with Crippen LogP contribution < -0.4 is 9.47 Å². The van der Waals surface area contributed by atoms with Crippen molar-refractivity contribution in [2.75, 3.05) is 14.2 Å². The monoisotopic (exact) mass is 277 g/mol. The van der Waals surface area contributed by atoms with Crippen molar-refractivity contribution < 1.29 is 9.47 Å². The number of pyridine rings is 1. The Morgan fingerprint density at radius 1 is 1.16 bits per heavy atom. The van der Waals surface area contributed by atoms with Gasteiger partial charge in [-0.3, -0.25) is 4.98 Å². The van der Waals surface area contributed by atoms with Gasteiger partial charge in [0.1, 0.15) is 11.5 Å². The van der Waals surface area contributed by atoms with Gasteiger partial charge in [-0.15, -0.1) is 11.6 Å². The summed E-state index contributed by atoms with van der Waals surface area (Å²) in [7, 11) is 3.27. The van der Waals surface area contributed by atoms with E-state index in [1.165, 1.54) is 0 Å². The number of rotatable bonds is 5. The lowest BCUT2D eigenvalue weighted by atomic mass is 10.1. The van der Waals surface area contributed by atoms with Crippen molar-refractivity contribution in [3.63, 3.8) is 0 Å². The first-order chi connectivity index (χ1) is 9.24. The molecule has 1 aromatic heterocycles. The molecular weight excluding hydrogens is 262 g/mol. The molecule has 0 saturated carbocycles. The van der Waals surface area contributed by atoms with Gasteiger partial charge in [0.25, 0.3) is 0 Å². The molecule has 1 unspecified atom stereocenters. The third kappa shape index (κ3) is 3.38. The number of methoxy groups -OCH3 is 2. The minimum absolute atomic E-state index is 0.208. The Hall–Kier alpha value is -1.74. The Morgan fingerprint density at radius 3 is 2.63 bits per heavy atom. The fourth-order valence-electron chi connectivity index (χ4n) is 1.90. The minimum atomic E-state index is -0.208. The average molecular weight is 278 g/mol. The lowest BCUT2D eigenvalue weighted by Gasteiger charge is -2.15. The van der Waals surface area contributed by atoms with Crippen LogP contribution in [0, 0.1) is 0 Å². The summed E-state index contributed by atoms with van der Waals surface area (Å²) >= 11 is 6.48. The normalized spacial score (nSPS) is 11.9. The predicted molar refractivity (Wildman–Crippen MR) is 76.1 cm³/mol. The zero-order chi connectivity index (χ0) is 13.7. The largest absolute Gasteiger partial charge is 0.497 e. The van der Waals surface area contributed by atoms with Crippen LogP contribution in [0.15, 0.2) is 42.6 Å². The highest BCUT2D eigenvalue weighted by Crippen LogP contribution is 2.34. The lowest BCUT2D eigenvalue weighted by Crippen LogP contribution is -2.01. The second-order valence-corrected chi connectivity index (χ2v) is 4.63. The Labute approximate surface area is 118 Å². The first-order valence-corrected chi connectivity index (χ1v) is 6.44. The van der Waals surface area contributed by atoms with Crippen molar-refractivity contribution in [1.29, 1.82) is 0 Å². The van der Waals surface area contributed by atoms with Crippen LogP contribution >= 0.6 is 11.6 Å². The van der Waals surface area contributed by atoms with E-state index in [2.05, 4.69) is 4.98 Å². The highest BCUT2D eigenvalue weighted by molar-refractivity contribution is 6.21. The fourth-order valence-corrected chi connectivity index (χ4v) is 2.23. The molecule has 1 heterocycles. The van der Waals surface area contributed by atoms with Gasteiger partial charge in [0, 0.05) is 23.9 Å². The van der Waals surface area contributed by atoms with Crippen molar-refractivity contribution in [2.24, 2.45) is 0 Å². The van der Waals surface area contributed by atoms with Crippen molar-refractivity contribution in [2.45, 2.75) is 11.8 Å². The maximum Gasteiger partial charge on any atom is 0.123 e. The molecular formula is C15H16ClNO2. The Morgan fingerprint density at radius 2 is 2.00 bits per heavy atom. The quantitative estimate of drug-likeness (QED) is 0.782. The molecule has 0 fully saturated rings. The van der Waals surface area contributed by atoms with Gasteiger partial charge in [0.15, 0.2) is 0 Å². The van der Waals surface area contributed by atoms with E-state index >= 15 is 0 Å². The molecule has 0 bridgehead atoms. The summed E-state index contributed by atoms with van der Waals surface area (Å²) in [6.07, 6.45) is 2.41. The molecule has 2 rings (SSSR count). The van der Waals surface area contributed by atoms with Crippen LogP contribution in [0.4, 0.5) is 0 Å². The van der Waals surface area contributed by atoms with E-state index in [0.29, 0.717) is 6.42 Å². The molecule has 4 heteroatoms. The highest BCUT2D eigenvalue weighted by Gasteiger charge is 2.15. The van der Waals surface area contributed by atoms with Gasteiger partial charge < -0.3 is 9.47 Å². The summed E-state index contributed by atoms with van der Waals surface area (Å²) in [5, 5.41) is -0.208. The molecule has 100 valence electrons. The first-order valence-electron chi connectivity index (χ1n) is 6.00. The number of benzene rings is 1. The van der Waals surface area contributed by atoms with Crippen molar-refractivity contribution in [1.82, 2.24) is 4.98 Å². The molecule has 0 radical (unpaired) electrons. The molecule has 0 amide bonds. The van der Waals surface area contributed by atoms with Gasteiger partial charge in [-0.2, -0.15) is 0 Å². The maximum absolute atomic E-state index is 6.48. The molecule has 19 heavy (non-hydrogen) atoms. The van der Waals surface area contributed by atoms with Crippen LogP contribution in [-0.4, -0.2) is 19.2 Å². The van der Waals surface area contributed by atoms with E-state index in [-0.39, 0.29) is 5.38 Å². The molecule has 0 N–H and O–H groups in total. The molecule has 1 atom stereocenters. The summed E-state index contributed by atoms with van der Waals surface area (Å²) in [5.41, 5.74) is 1.86. The summed E-state index contributed by atoms with van der Waals surface area (Å²) in [6, 6.07) is 11.4. The number of halogens is 1. The summed E-state index contributed by atoms with van der Waals surface area (Å²) < 4.78 is 10.6. The third-order valence-corrected chi connectivity index (χ3v) is 3.28. The van der Waals surface area contributed by atoms with Crippen molar-refractivity contribution in [3.05, 3.63) is 53.9 Å². The van der Waals surface area contributed by atoms with Gasteiger partial charge >= 0.3 is 0 Å². The summed E-state index contributed by atoms with van der Waals surface area (Å²) in [6.45, 7) is 0. The second kappa shape index (κ2) is 6.43. The van der Waals surface area contributed by atoms with Gasteiger partial charge in [0.2, 0.25) is 0 Å². The maximum atomic E-state index is 6.48. The zero-order valence-corrected chi connectivity index (χ0v) is 11.7. The van der Waals surface area contributed by atoms with E-state index in [1.54, 1.807) is 20.4 Å². The van der Waals surface area contributed by atoms with Gasteiger partial charge in [0.05, 0.1) is 19.6 Å².